The van der Waals surface area contributed by atoms with Gasteiger partial charge in [-0.2, -0.15) is 5.10 Å². The van der Waals surface area contributed by atoms with Crippen molar-refractivity contribution in [2.45, 2.75) is 32.7 Å². The molecule has 15 heavy (non-hydrogen) atoms. The first-order valence-electron chi connectivity index (χ1n) is 5.03. The lowest BCUT2D eigenvalue weighted by Gasteiger charge is -2.11. The highest BCUT2D eigenvalue weighted by molar-refractivity contribution is 5.78. The molecule has 1 heterocycles. The zero-order chi connectivity index (χ0) is 11.3. The first-order chi connectivity index (χ1) is 7.11. The summed E-state index contributed by atoms with van der Waals surface area (Å²) in [5, 5.41) is 18.2. The number of carbonyl (C=O) groups is 1. The molecule has 1 rings (SSSR count). The Morgan fingerprint density at radius 1 is 1.73 bits per heavy atom. The van der Waals surface area contributed by atoms with Crippen LogP contribution < -0.4 is 5.32 Å². The van der Waals surface area contributed by atoms with Gasteiger partial charge in [-0.1, -0.05) is 0 Å². The first kappa shape index (κ1) is 11.7. The Morgan fingerprint density at radius 2 is 2.47 bits per heavy atom. The zero-order valence-electron chi connectivity index (χ0n) is 9.08. The van der Waals surface area contributed by atoms with Gasteiger partial charge in [-0.25, -0.2) is 0 Å². The normalized spacial score (nSPS) is 12.5. The average molecular weight is 211 g/mol. The summed E-state index contributed by atoms with van der Waals surface area (Å²) in [7, 11) is 0. The highest BCUT2D eigenvalue weighted by Crippen LogP contribution is 1.99. The number of rotatable bonds is 5. The van der Waals surface area contributed by atoms with Gasteiger partial charge in [-0.05, 0) is 26.3 Å². The summed E-state index contributed by atoms with van der Waals surface area (Å²) in [5.41, 5.74) is 1.68. The van der Waals surface area contributed by atoms with Crippen molar-refractivity contribution < 1.29 is 9.90 Å². The molecule has 0 aliphatic rings. The second-order valence-corrected chi connectivity index (χ2v) is 3.70. The van der Waals surface area contributed by atoms with Gasteiger partial charge in [0.25, 0.3) is 0 Å². The van der Waals surface area contributed by atoms with Gasteiger partial charge in [0, 0.05) is 18.3 Å². The third kappa shape index (κ3) is 4.12. The van der Waals surface area contributed by atoms with E-state index in [-0.39, 0.29) is 25.0 Å². The molecule has 1 aromatic heterocycles. The van der Waals surface area contributed by atoms with Crippen molar-refractivity contribution in [3.05, 3.63) is 17.5 Å². The number of nitrogens with zero attached hydrogens (tertiary/aromatic N) is 1. The molecule has 0 fully saturated rings. The number of hydrogen-bond acceptors (Lipinski definition) is 3. The van der Waals surface area contributed by atoms with Gasteiger partial charge in [-0.15, -0.1) is 0 Å². The minimum Gasteiger partial charge on any atom is -0.396 e. The predicted octanol–water partition coefficient (Wildman–Crippen LogP) is 0.148. The molecule has 0 spiro atoms. The van der Waals surface area contributed by atoms with Crippen LogP contribution in [0.2, 0.25) is 0 Å². The van der Waals surface area contributed by atoms with Crippen LogP contribution in [0, 0.1) is 6.92 Å². The van der Waals surface area contributed by atoms with Crippen LogP contribution in [0.5, 0.6) is 0 Å². The third-order valence-corrected chi connectivity index (χ3v) is 2.07. The summed E-state index contributed by atoms with van der Waals surface area (Å²) < 4.78 is 0. The third-order valence-electron chi connectivity index (χ3n) is 2.07. The van der Waals surface area contributed by atoms with E-state index in [0.29, 0.717) is 6.42 Å². The van der Waals surface area contributed by atoms with E-state index in [1.165, 1.54) is 0 Å². The summed E-state index contributed by atoms with van der Waals surface area (Å²) in [6.45, 7) is 3.84. The number of aliphatic hydroxyl groups excluding tert-OH is 1. The molecule has 5 heteroatoms. The summed E-state index contributed by atoms with van der Waals surface area (Å²) in [6, 6.07) is 1.85. The quantitative estimate of drug-likeness (QED) is 0.648. The lowest BCUT2D eigenvalue weighted by Crippen LogP contribution is -2.34. The van der Waals surface area contributed by atoms with Crippen molar-refractivity contribution in [1.82, 2.24) is 15.5 Å². The van der Waals surface area contributed by atoms with Gasteiger partial charge in [0.15, 0.2) is 0 Å². The molecule has 1 amide bonds. The molecule has 1 atom stereocenters. The van der Waals surface area contributed by atoms with E-state index in [1.54, 1.807) is 0 Å². The number of nitrogens with one attached hydrogen (secondary N) is 2. The number of aryl methyl sites for hydroxylation is 1. The topological polar surface area (TPSA) is 78.0 Å². The van der Waals surface area contributed by atoms with E-state index in [1.807, 2.05) is 19.9 Å². The van der Waals surface area contributed by atoms with Gasteiger partial charge < -0.3 is 10.4 Å². The van der Waals surface area contributed by atoms with Crippen LogP contribution in [0.25, 0.3) is 0 Å². The van der Waals surface area contributed by atoms with Gasteiger partial charge in [0.2, 0.25) is 5.91 Å². The smallest absolute Gasteiger partial charge is 0.226 e. The number of H-pyrrole nitrogens is 1. The Balaban J connectivity index is 2.36. The molecule has 5 nitrogen and oxygen atoms in total. The monoisotopic (exact) mass is 211 g/mol. The van der Waals surface area contributed by atoms with Crippen LogP contribution in [0.4, 0.5) is 0 Å². The molecule has 0 aromatic carbocycles. The highest BCUT2D eigenvalue weighted by atomic mass is 16.3. The number of carbonyl (C=O) groups excluding carboxylic acids is 1. The molecule has 0 aliphatic heterocycles. The lowest BCUT2D eigenvalue weighted by molar-refractivity contribution is -0.121. The molecular weight excluding hydrogens is 194 g/mol. The standard InChI is InChI=1S/C10H17N3O2/c1-7(3-4-14)11-10(15)6-9-5-8(2)12-13-9/h5,7,14H,3-4,6H2,1-2H3,(H,11,15)(H,12,13). The van der Waals surface area contributed by atoms with E-state index in [9.17, 15) is 4.79 Å². The second-order valence-electron chi connectivity index (χ2n) is 3.70. The fraction of sp³-hybridized carbons (Fsp3) is 0.600. The van der Waals surface area contributed by atoms with Gasteiger partial charge in [-0.3, -0.25) is 9.89 Å². The van der Waals surface area contributed by atoms with E-state index in [0.717, 1.165) is 11.4 Å². The molecule has 0 saturated carbocycles. The van der Waals surface area contributed by atoms with Crippen molar-refractivity contribution in [3.8, 4) is 0 Å². The number of hydrogen-bond donors (Lipinski definition) is 3. The molecular formula is C10H17N3O2. The van der Waals surface area contributed by atoms with E-state index in [2.05, 4.69) is 15.5 Å². The number of aromatic amines is 1. The Labute approximate surface area is 88.9 Å². The Morgan fingerprint density at radius 3 is 3.00 bits per heavy atom. The molecule has 0 bridgehead atoms. The molecule has 3 N–H and O–H groups in total. The minimum absolute atomic E-state index is 0.00235. The zero-order valence-corrected chi connectivity index (χ0v) is 9.08. The van der Waals surface area contributed by atoms with Crippen molar-refractivity contribution in [2.75, 3.05) is 6.61 Å². The van der Waals surface area contributed by atoms with Gasteiger partial charge in [0.05, 0.1) is 12.1 Å². The molecule has 0 aliphatic carbocycles. The Bertz CT molecular complexity index is 322. The van der Waals surface area contributed by atoms with Crippen LogP contribution >= 0.6 is 0 Å². The fourth-order valence-electron chi connectivity index (χ4n) is 1.32. The van der Waals surface area contributed by atoms with E-state index < -0.39 is 0 Å². The second kappa shape index (κ2) is 5.50. The van der Waals surface area contributed by atoms with Crippen molar-refractivity contribution in [1.29, 1.82) is 0 Å². The number of amides is 1. The average Bonchev–Trinajstić information content (AvgIpc) is 2.51. The molecule has 1 unspecified atom stereocenters. The van der Waals surface area contributed by atoms with Crippen molar-refractivity contribution in [2.24, 2.45) is 0 Å². The van der Waals surface area contributed by atoms with Gasteiger partial charge in [0.1, 0.15) is 0 Å². The summed E-state index contributed by atoms with van der Waals surface area (Å²) in [4.78, 5) is 11.5. The maximum atomic E-state index is 11.5. The summed E-state index contributed by atoms with van der Waals surface area (Å²) in [5.74, 6) is -0.0672. The van der Waals surface area contributed by atoms with E-state index >= 15 is 0 Å². The molecule has 0 radical (unpaired) electrons. The van der Waals surface area contributed by atoms with Crippen LogP contribution in [-0.2, 0) is 11.2 Å². The van der Waals surface area contributed by atoms with E-state index in [4.69, 9.17) is 5.11 Å². The van der Waals surface area contributed by atoms with Crippen molar-refractivity contribution in [3.63, 3.8) is 0 Å². The molecule has 84 valence electrons. The number of aliphatic hydroxyl groups is 1. The van der Waals surface area contributed by atoms with Crippen LogP contribution in [0.1, 0.15) is 24.7 Å². The lowest BCUT2D eigenvalue weighted by atomic mass is 10.2. The van der Waals surface area contributed by atoms with Crippen molar-refractivity contribution >= 4 is 5.91 Å². The largest absolute Gasteiger partial charge is 0.396 e. The molecule has 0 saturated heterocycles. The SMILES string of the molecule is Cc1cc(CC(=O)NC(C)CCO)n[nH]1. The first-order valence-corrected chi connectivity index (χ1v) is 5.03. The maximum Gasteiger partial charge on any atom is 0.226 e. The van der Waals surface area contributed by atoms with Crippen LogP contribution in [0.15, 0.2) is 6.07 Å². The highest BCUT2D eigenvalue weighted by Gasteiger charge is 2.09. The Kier molecular flexibility index (Phi) is 4.30. The van der Waals surface area contributed by atoms with Gasteiger partial charge >= 0.3 is 0 Å². The van der Waals surface area contributed by atoms with Crippen LogP contribution in [0.3, 0.4) is 0 Å². The molecule has 1 aromatic rings. The fourth-order valence-corrected chi connectivity index (χ4v) is 1.32. The maximum absolute atomic E-state index is 11.5. The predicted molar refractivity (Wildman–Crippen MR) is 56.3 cm³/mol. The summed E-state index contributed by atoms with van der Waals surface area (Å²) in [6.07, 6.45) is 0.853. The summed E-state index contributed by atoms with van der Waals surface area (Å²) >= 11 is 0. The number of aromatic nitrogens is 2. The minimum atomic E-state index is -0.0672. The Hall–Kier alpha value is -1.36. The van der Waals surface area contributed by atoms with Crippen LogP contribution in [-0.4, -0.2) is 33.9 Å².